The Morgan fingerprint density at radius 1 is 1.24 bits per heavy atom. The molecule has 3 aromatic rings. The van der Waals surface area contributed by atoms with Crippen molar-refractivity contribution in [2.75, 3.05) is 0 Å². The minimum atomic E-state index is 0.133. The predicted molar refractivity (Wildman–Crippen MR) is 83.9 cm³/mol. The van der Waals surface area contributed by atoms with Gasteiger partial charge in [0.2, 0.25) is 0 Å². The molecule has 2 N–H and O–H groups in total. The van der Waals surface area contributed by atoms with Crippen LogP contribution in [-0.4, -0.2) is 16.0 Å². The minimum Gasteiger partial charge on any atom is -0.464 e. The third-order valence-electron chi connectivity index (χ3n) is 3.62. The number of fused-ring (bicyclic) bond motifs is 1. The zero-order chi connectivity index (χ0) is 14.8. The van der Waals surface area contributed by atoms with Gasteiger partial charge in [-0.15, -0.1) is 0 Å². The first-order valence-corrected chi connectivity index (χ1v) is 7.24. The molecule has 0 fully saturated rings. The molecule has 0 amide bonds. The molecule has 0 aliphatic rings. The number of nitrogens with two attached hydrogens (primary N) is 1. The van der Waals surface area contributed by atoms with Crippen molar-refractivity contribution in [3.63, 3.8) is 0 Å². The average molecular weight is 281 g/mol. The van der Waals surface area contributed by atoms with E-state index in [1.54, 1.807) is 6.26 Å². The van der Waals surface area contributed by atoms with Crippen LogP contribution in [0.4, 0.5) is 0 Å². The lowest BCUT2D eigenvalue weighted by atomic mass is 10.1. The van der Waals surface area contributed by atoms with Crippen LogP contribution in [0.1, 0.15) is 24.7 Å². The standard InChI is InChI=1S/C17H19N3O/c1-3-12(18)9-13-8-11(2)19-17(20-13)15-10-21-16-7-5-4-6-14(15)16/h4-8,10,12H,3,9,18H2,1-2H3. The molecule has 108 valence electrons. The second kappa shape index (κ2) is 5.66. The van der Waals surface area contributed by atoms with E-state index in [0.29, 0.717) is 5.82 Å². The Hall–Kier alpha value is -2.20. The highest BCUT2D eigenvalue weighted by Gasteiger charge is 2.12. The molecule has 1 aromatic carbocycles. The molecule has 21 heavy (non-hydrogen) atoms. The molecule has 1 atom stereocenters. The van der Waals surface area contributed by atoms with Gasteiger partial charge in [0.1, 0.15) is 11.8 Å². The van der Waals surface area contributed by atoms with Crippen LogP contribution in [0.25, 0.3) is 22.4 Å². The molecule has 0 spiro atoms. The van der Waals surface area contributed by atoms with Gasteiger partial charge in [-0.3, -0.25) is 0 Å². The quantitative estimate of drug-likeness (QED) is 0.795. The third kappa shape index (κ3) is 2.81. The Kier molecular flexibility index (Phi) is 3.71. The predicted octanol–water partition coefficient (Wildman–Crippen LogP) is 3.48. The number of aromatic nitrogens is 2. The Morgan fingerprint density at radius 2 is 2.05 bits per heavy atom. The van der Waals surface area contributed by atoms with Gasteiger partial charge in [0, 0.05) is 29.2 Å². The fraction of sp³-hybridized carbons (Fsp3) is 0.294. The fourth-order valence-corrected chi connectivity index (χ4v) is 2.42. The van der Waals surface area contributed by atoms with E-state index in [-0.39, 0.29) is 6.04 Å². The average Bonchev–Trinajstić information content (AvgIpc) is 2.90. The Labute approximate surface area is 124 Å². The number of hydrogen-bond donors (Lipinski definition) is 1. The Bertz CT molecular complexity index is 764. The highest BCUT2D eigenvalue weighted by Crippen LogP contribution is 2.28. The molecule has 0 bridgehead atoms. The van der Waals surface area contributed by atoms with Crippen molar-refractivity contribution in [3.8, 4) is 11.4 Å². The molecule has 3 rings (SSSR count). The molecule has 2 heterocycles. The highest BCUT2D eigenvalue weighted by molar-refractivity contribution is 5.91. The summed E-state index contributed by atoms with van der Waals surface area (Å²) < 4.78 is 5.58. The minimum absolute atomic E-state index is 0.133. The molecule has 4 heteroatoms. The van der Waals surface area contributed by atoms with Crippen molar-refractivity contribution >= 4 is 11.0 Å². The van der Waals surface area contributed by atoms with E-state index in [1.807, 2.05) is 37.3 Å². The maximum absolute atomic E-state index is 6.04. The van der Waals surface area contributed by atoms with Gasteiger partial charge < -0.3 is 10.2 Å². The third-order valence-corrected chi connectivity index (χ3v) is 3.62. The first kappa shape index (κ1) is 13.8. The summed E-state index contributed by atoms with van der Waals surface area (Å²) in [4.78, 5) is 9.21. The summed E-state index contributed by atoms with van der Waals surface area (Å²) in [5, 5.41) is 1.04. The maximum Gasteiger partial charge on any atom is 0.163 e. The highest BCUT2D eigenvalue weighted by atomic mass is 16.3. The van der Waals surface area contributed by atoms with E-state index >= 15 is 0 Å². The largest absolute Gasteiger partial charge is 0.464 e. The van der Waals surface area contributed by atoms with Crippen molar-refractivity contribution in [2.24, 2.45) is 5.73 Å². The van der Waals surface area contributed by atoms with Crippen LogP contribution in [0, 0.1) is 6.92 Å². The summed E-state index contributed by atoms with van der Waals surface area (Å²) in [5.74, 6) is 0.707. The molecule has 2 aromatic heterocycles. The summed E-state index contributed by atoms with van der Waals surface area (Å²) >= 11 is 0. The summed E-state index contributed by atoms with van der Waals surface area (Å²) in [6.45, 7) is 4.07. The molecule has 0 saturated carbocycles. The van der Waals surface area contributed by atoms with Crippen molar-refractivity contribution in [1.82, 2.24) is 9.97 Å². The summed E-state index contributed by atoms with van der Waals surface area (Å²) in [7, 11) is 0. The summed E-state index contributed by atoms with van der Waals surface area (Å²) in [6.07, 6.45) is 3.43. The van der Waals surface area contributed by atoms with E-state index in [4.69, 9.17) is 10.2 Å². The number of benzene rings is 1. The Morgan fingerprint density at radius 3 is 2.86 bits per heavy atom. The number of para-hydroxylation sites is 1. The number of rotatable bonds is 4. The SMILES string of the molecule is CCC(N)Cc1cc(C)nc(-c2coc3ccccc23)n1. The lowest BCUT2D eigenvalue weighted by molar-refractivity contribution is 0.616. The number of aryl methyl sites for hydroxylation is 1. The first-order chi connectivity index (χ1) is 10.2. The molecule has 0 saturated heterocycles. The second-order valence-corrected chi connectivity index (χ2v) is 5.34. The van der Waals surface area contributed by atoms with Crippen LogP contribution in [-0.2, 0) is 6.42 Å². The molecule has 4 nitrogen and oxygen atoms in total. The lowest BCUT2D eigenvalue weighted by Crippen LogP contribution is -2.22. The van der Waals surface area contributed by atoms with E-state index in [9.17, 15) is 0 Å². The van der Waals surface area contributed by atoms with Gasteiger partial charge in [-0.25, -0.2) is 9.97 Å². The van der Waals surface area contributed by atoms with Gasteiger partial charge in [0.05, 0.1) is 5.56 Å². The van der Waals surface area contributed by atoms with Crippen molar-refractivity contribution in [1.29, 1.82) is 0 Å². The topological polar surface area (TPSA) is 64.9 Å². The van der Waals surface area contributed by atoms with Gasteiger partial charge in [-0.05, 0) is 25.5 Å². The van der Waals surface area contributed by atoms with Crippen LogP contribution >= 0.6 is 0 Å². The van der Waals surface area contributed by atoms with Crippen LogP contribution in [0.15, 0.2) is 41.0 Å². The molecule has 1 unspecified atom stereocenters. The number of furan rings is 1. The number of nitrogens with zero attached hydrogens (tertiary/aromatic N) is 2. The summed E-state index contributed by atoms with van der Waals surface area (Å²) in [5.41, 5.74) is 9.75. The number of hydrogen-bond acceptors (Lipinski definition) is 4. The van der Waals surface area contributed by atoms with Gasteiger partial charge in [-0.2, -0.15) is 0 Å². The van der Waals surface area contributed by atoms with Crippen molar-refractivity contribution < 1.29 is 4.42 Å². The Balaban J connectivity index is 2.05. The zero-order valence-electron chi connectivity index (χ0n) is 12.3. The molecule has 0 radical (unpaired) electrons. The van der Waals surface area contributed by atoms with Crippen molar-refractivity contribution in [2.45, 2.75) is 32.7 Å². The monoisotopic (exact) mass is 281 g/mol. The van der Waals surface area contributed by atoms with Crippen LogP contribution in [0.3, 0.4) is 0 Å². The van der Waals surface area contributed by atoms with Gasteiger partial charge >= 0.3 is 0 Å². The summed E-state index contributed by atoms with van der Waals surface area (Å²) in [6, 6.07) is 10.1. The van der Waals surface area contributed by atoms with Crippen LogP contribution in [0.5, 0.6) is 0 Å². The molecule has 0 aliphatic carbocycles. The second-order valence-electron chi connectivity index (χ2n) is 5.34. The fourth-order valence-electron chi connectivity index (χ4n) is 2.42. The van der Waals surface area contributed by atoms with E-state index in [0.717, 1.165) is 40.8 Å². The van der Waals surface area contributed by atoms with E-state index in [1.165, 1.54) is 0 Å². The van der Waals surface area contributed by atoms with Gasteiger partial charge in [0.25, 0.3) is 0 Å². The first-order valence-electron chi connectivity index (χ1n) is 7.24. The smallest absolute Gasteiger partial charge is 0.163 e. The lowest BCUT2D eigenvalue weighted by Gasteiger charge is -2.09. The normalized spacial score (nSPS) is 12.7. The maximum atomic E-state index is 6.04. The van der Waals surface area contributed by atoms with Gasteiger partial charge in [-0.1, -0.05) is 25.1 Å². The molecule has 0 aliphatic heterocycles. The van der Waals surface area contributed by atoms with Crippen LogP contribution < -0.4 is 5.73 Å². The van der Waals surface area contributed by atoms with Crippen molar-refractivity contribution in [3.05, 3.63) is 48.0 Å². The zero-order valence-corrected chi connectivity index (χ0v) is 12.3. The van der Waals surface area contributed by atoms with E-state index < -0.39 is 0 Å². The molecular weight excluding hydrogens is 262 g/mol. The molecular formula is C17H19N3O. The van der Waals surface area contributed by atoms with E-state index in [2.05, 4.69) is 16.9 Å². The van der Waals surface area contributed by atoms with Gasteiger partial charge in [0.15, 0.2) is 5.82 Å². The van der Waals surface area contributed by atoms with Crippen LogP contribution in [0.2, 0.25) is 0 Å².